The summed E-state index contributed by atoms with van der Waals surface area (Å²) in [4.78, 5) is 9.83. The summed E-state index contributed by atoms with van der Waals surface area (Å²) in [5.41, 5.74) is 10.7. The third kappa shape index (κ3) is 2.99. The van der Waals surface area contributed by atoms with Gasteiger partial charge in [-0.05, 0) is 35.4 Å². The number of nitrogens with zero attached hydrogens (tertiary/aromatic N) is 3. The van der Waals surface area contributed by atoms with Crippen LogP contribution < -0.4 is 5.73 Å². The van der Waals surface area contributed by atoms with E-state index < -0.39 is 5.92 Å². The van der Waals surface area contributed by atoms with Crippen molar-refractivity contribution in [1.29, 1.82) is 0 Å². The van der Waals surface area contributed by atoms with Gasteiger partial charge >= 0.3 is 0 Å². The van der Waals surface area contributed by atoms with Gasteiger partial charge < -0.3 is 10.7 Å². The number of H-pyrrole nitrogens is 2. The van der Waals surface area contributed by atoms with Gasteiger partial charge in [-0.25, -0.2) is 13.8 Å². The highest BCUT2D eigenvalue weighted by Crippen LogP contribution is 2.32. The first-order valence-corrected chi connectivity index (χ1v) is 9.29. The van der Waals surface area contributed by atoms with Gasteiger partial charge in [-0.3, -0.25) is 10.00 Å². The summed E-state index contributed by atoms with van der Waals surface area (Å²) in [6.45, 7) is 1.41. The van der Waals surface area contributed by atoms with Crippen molar-refractivity contribution in [2.75, 3.05) is 18.8 Å². The minimum atomic E-state index is -2.53. The molecule has 1 saturated heterocycles. The van der Waals surface area contributed by atoms with E-state index in [1.54, 1.807) is 6.20 Å². The average molecular weight is 382 g/mol. The summed E-state index contributed by atoms with van der Waals surface area (Å²) in [7, 11) is 0. The van der Waals surface area contributed by atoms with Gasteiger partial charge in [0.15, 0.2) is 5.82 Å². The third-order valence-corrected chi connectivity index (χ3v) is 5.47. The van der Waals surface area contributed by atoms with Crippen molar-refractivity contribution in [3.8, 4) is 11.1 Å². The molecule has 1 aliphatic rings. The SMILES string of the molecule is Nc1n[nH]c2ccc(-c3ccnc4[nH]c(CN5CCC(F)(F)CC5)cc34)cc12. The summed E-state index contributed by atoms with van der Waals surface area (Å²) in [6, 6.07) is 10.0. The molecular formula is C20H20F2N6. The van der Waals surface area contributed by atoms with E-state index in [0.717, 1.165) is 38.8 Å². The van der Waals surface area contributed by atoms with Gasteiger partial charge in [-0.15, -0.1) is 0 Å². The normalized spacial score (nSPS) is 17.5. The number of hydrogen-bond donors (Lipinski definition) is 3. The second kappa shape index (κ2) is 6.27. The molecule has 6 nitrogen and oxygen atoms in total. The lowest BCUT2D eigenvalue weighted by atomic mass is 10.0. The monoisotopic (exact) mass is 382 g/mol. The van der Waals surface area contributed by atoms with Crippen LogP contribution in [0, 0.1) is 0 Å². The van der Waals surface area contributed by atoms with Crippen LogP contribution in [0.3, 0.4) is 0 Å². The van der Waals surface area contributed by atoms with Crippen molar-refractivity contribution in [3.63, 3.8) is 0 Å². The molecule has 0 bridgehead atoms. The fourth-order valence-corrected chi connectivity index (χ4v) is 3.90. The topological polar surface area (TPSA) is 86.6 Å². The van der Waals surface area contributed by atoms with Gasteiger partial charge in [-0.2, -0.15) is 5.10 Å². The number of alkyl halides is 2. The van der Waals surface area contributed by atoms with Crippen molar-refractivity contribution >= 4 is 27.8 Å². The van der Waals surface area contributed by atoms with E-state index in [-0.39, 0.29) is 12.8 Å². The van der Waals surface area contributed by atoms with Crippen LogP contribution in [-0.4, -0.2) is 44.1 Å². The number of aromatic amines is 2. The maximum absolute atomic E-state index is 13.4. The van der Waals surface area contributed by atoms with Crippen LogP contribution in [0.4, 0.5) is 14.6 Å². The molecule has 0 saturated carbocycles. The van der Waals surface area contributed by atoms with Crippen molar-refractivity contribution in [2.24, 2.45) is 0 Å². The van der Waals surface area contributed by atoms with E-state index in [1.807, 2.05) is 24.3 Å². The summed E-state index contributed by atoms with van der Waals surface area (Å²) in [5, 5.41) is 8.84. The Balaban J connectivity index is 1.48. The standard InChI is InChI=1S/C20H20F2N6/c21-20(22)4-7-28(8-5-20)11-13-10-15-14(3-6-24-19(15)25-13)12-1-2-17-16(9-12)18(23)27-26-17/h1-3,6,9-10H,4-5,7-8,11H2,(H,24,25)(H3,23,26,27). The number of piperidine rings is 1. The molecule has 0 aliphatic carbocycles. The number of halogens is 2. The zero-order chi connectivity index (χ0) is 19.3. The number of aromatic nitrogens is 4. The number of likely N-dealkylation sites (tertiary alicyclic amines) is 1. The minimum Gasteiger partial charge on any atom is -0.382 e. The number of benzene rings is 1. The Hall–Kier alpha value is -3.00. The molecule has 5 rings (SSSR count). The summed E-state index contributed by atoms with van der Waals surface area (Å²) >= 11 is 0. The quantitative estimate of drug-likeness (QED) is 0.501. The molecule has 0 spiro atoms. The first-order valence-electron chi connectivity index (χ1n) is 9.29. The summed E-state index contributed by atoms with van der Waals surface area (Å²) in [5.74, 6) is -2.06. The average Bonchev–Trinajstić information content (AvgIpc) is 3.26. The van der Waals surface area contributed by atoms with E-state index in [2.05, 4.69) is 31.1 Å². The van der Waals surface area contributed by atoms with E-state index in [0.29, 0.717) is 25.5 Å². The van der Waals surface area contributed by atoms with Gasteiger partial charge in [0.05, 0.1) is 5.52 Å². The Morgan fingerprint density at radius 2 is 1.93 bits per heavy atom. The lowest BCUT2D eigenvalue weighted by molar-refractivity contribution is -0.0568. The summed E-state index contributed by atoms with van der Waals surface area (Å²) in [6.07, 6.45) is 1.61. The summed E-state index contributed by atoms with van der Waals surface area (Å²) < 4.78 is 26.8. The zero-order valence-corrected chi connectivity index (χ0v) is 15.2. The van der Waals surface area contributed by atoms with E-state index in [4.69, 9.17) is 5.73 Å². The molecule has 0 atom stereocenters. The Labute approximate surface area is 159 Å². The van der Waals surface area contributed by atoms with Crippen LogP contribution >= 0.6 is 0 Å². The van der Waals surface area contributed by atoms with Crippen molar-refractivity contribution < 1.29 is 8.78 Å². The van der Waals surface area contributed by atoms with Gasteiger partial charge in [0, 0.05) is 55.1 Å². The molecule has 28 heavy (non-hydrogen) atoms. The number of fused-ring (bicyclic) bond motifs is 2. The molecule has 144 valence electrons. The second-order valence-corrected chi connectivity index (χ2v) is 7.42. The fraction of sp³-hybridized carbons (Fsp3) is 0.300. The molecule has 4 N–H and O–H groups in total. The smallest absolute Gasteiger partial charge is 0.250 e. The maximum atomic E-state index is 13.4. The molecule has 4 heterocycles. The molecule has 1 aliphatic heterocycles. The number of nitrogens with two attached hydrogens (primary N) is 1. The Morgan fingerprint density at radius 1 is 1.11 bits per heavy atom. The molecular weight excluding hydrogens is 362 g/mol. The van der Waals surface area contributed by atoms with Gasteiger partial charge in [-0.1, -0.05) is 6.07 Å². The maximum Gasteiger partial charge on any atom is 0.250 e. The van der Waals surface area contributed by atoms with Crippen molar-refractivity contribution in [3.05, 3.63) is 42.2 Å². The number of hydrogen-bond acceptors (Lipinski definition) is 4. The van der Waals surface area contributed by atoms with Gasteiger partial charge in [0.1, 0.15) is 5.65 Å². The Bertz CT molecular complexity index is 1150. The number of rotatable bonds is 3. The van der Waals surface area contributed by atoms with E-state index in [1.165, 1.54) is 0 Å². The Morgan fingerprint density at radius 3 is 2.75 bits per heavy atom. The number of nitrogen functional groups attached to an aromatic ring is 1. The highest BCUT2D eigenvalue weighted by atomic mass is 19.3. The van der Waals surface area contributed by atoms with Crippen LogP contribution in [-0.2, 0) is 6.54 Å². The van der Waals surface area contributed by atoms with Crippen molar-refractivity contribution in [2.45, 2.75) is 25.3 Å². The molecule has 1 fully saturated rings. The van der Waals surface area contributed by atoms with Crippen LogP contribution in [0.5, 0.6) is 0 Å². The molecule has 0 unspecified atom stereocenters. The molecule has 1 aromatic carbocycles. The highest BCUT2D eigenvalue weighted by molar-refractivity contribution is 5.98. The first kappa shape index (κ1) is 17.1. The molecule has 3 aromatic heterocycles. The molecule has 4 aromatic rings. The fourth-order valence-electron chi connectivity index (χ4n) is 3.90. The minimum absolute atomic E-state index is 0.0805. The first-order chi connectivity index (χ1) is 13.5. The Kier molecular flexibility index (Phi) is 3.83. The van der Waals surface area contributed by atoms with Crippen LogP contribution in [0.25, 0.3) is 33.1 Å². The number of pyridine rings is 1. The predicted molar refractivity (Wildman–Crippen MR) is 105 cm³/mol. The van der Waals surface area contributed by atoms with Gasteiger partial charge in [0.25, 0.3) is 5.92 Å². The largest absolute Gasteiger partial charge is 0.382 e. The second-order valence-electron chi connectivity index (χ2n) is 7.42. The van der Waals surface area contributed by atoms with Crippen LogP contribution in [0.2, 0.25) is 0 Å². The lowest BCUT2D eigenvalue weighted by Crippen LogP contribution is -2.38. The van der Waals surface area contributed by atoms with E-state index >= 15 is 0 Å². The zero-order valence-electron chi connectivity index (χ0n) is 15.2. The highest BCUT2D eigenvalue weighted by Gasteiger charge is 2.33. The van der Waals surface area contributed by atoms with Gasteiger partial charge in [0.2, 0.25) is 0 Å². The van der Waals surface area contributed by atoms with Crippen LogP contribution in [0.1, 0.15) is 18.5 Å². The molecule has 8 heteroatoms. The molecule has 0 radical (unpaired) electrons. The lowest BCUT2D eigenvalue weighted by Gasteiger charge is -2.31. The van der Waals surface area contributed by atoms with Crippen LogP contribution in [0.15, 0.2) is 36.5 Å². The van der Waals surface area contributed by atoms with Crippen molar-refractivity contribution in [1.82, 2.24) is 25.1 Å². The van der Waals surface area contributed by atoms with E-state index in [9.17, 15) is 8.78 Å². The number of anilines is 1. The number of nitrogens with one attached hydrogen (secondary N) is 2. The predicted octanol–water partition coefficient (Wildman–Crippen LogP) is 3.92. The molecule has 0 amide bonds. The third-order valence-electron chi connectivity index (χ3n) is 5.47.